The summed E-state index contributed by atoms with van der Waals surface area (Å²) in [5.41, 5.74) is 6.35. The Labute approximate surface area is 62.7 Å². The van der Waals surface area contributed by atoms with Crippen molar-refractivity contribution in [1.82, 2.24) is 20.2 Å². The highest BCUT2D eigenvalue weighted by molar-refractivity contribution is 5.66. The first-order valence-electron chi connectivity index (χ1n) is 3.16. The quantitative estimate of drug-likeness (QED) is 0.548. The van der Waals surface area contributed by atoms with E-state index in [1.165, 1.54) is 0 Å². The summed E-state index contributed by atoms with van der Waals surface area (Å²) in [5, 5.41) is 6.39. The zero-order valence-corrected chi connectivity index (χ0v) is 5.70. The molecule has 0 atom stereocenters. The monoisotopic (exact) mass is 149 g/mol. The Morgan fingerprint density at radius 1 is 1.45 bits per heavy atom. The van der Waals surface area contributed by atoms with Crippen LogP contribution in [0.5, 0.6) is 0 Å². The smallest absolute Gasteiger partial charge is 0.142 e. The van der Waals surface area contributed by atoms with Crippen LogP contribution in [0.1, 0.15) is 0 Å². The lowest BCUT2D eigenvalue weighted by Gasteiger charge is -1.90. The number of nitrogens with one attached hydrogen (secondary N) is 2. The highest BCUT2D eigenvalue weighted by Gasteiger charge is 2.04. The lowest BCUT2D eigenvalue weighted by Crippen LogP contribution is -1.88. The minimum atomic E-state index is 0.528. The minimum absolute atomic E-state index is 0.528. The Hall–Kier alpha value is -1.78. The number of nitrogens with two attached hydrogens (primary N) is 1. The summed E-state index contributed by atoms with van der Waals surface area (Å²) in [6.45, 7) is 0. The number of H-pyrrole nitrogens is 2. The zero-order valence-electron chi connectivity index (χ0n) is 5.70. The first-order chi connectivity index (χ1) is 5.38. The maximum absolute atomic E-state index is 5.55. The van der Waals surface area contributed by atoms with Gasteiger partial charge in [0.15, 0.2) is 0 Å². The third-order valence-electron chi connectivity index (χ3n) is 1.42. The SMILES string of the molecule is Nc1[nH]ncc1-c1ncc[nH]1. The number of aromatic nitrogens is 4. The van der Waals surface area contributed by atoms with Gasteiger partial charge >= 0.3 is 0 Å². The second-order valence-corrected chi connectivity index (χ2v) is 2.14. The number of nitrogens with zero attached hydrogens (tertiary/aromatic N) is 2. The van der Waals surface area contributed by atoms with Gasteiger partial charge in [-0.2, -0.15) is 5.10 Å². The Morgan fingerprint density at radius 3 is 2.91 bits per heavy atom. The number of hydrogen-bond acceptors (Lipinski definition) is 3. The summed E-state index contributed by atoms with van der Waals surface area (Å²) in [4.78, 5) is 6.95. The highest BCUT2D eigenvalue weighted by Crippen LogP contribution is 2.18. The number of hydrogen-bond donors (Lipinski definition) is 3. The molecule has 5 heteroatoms. The molecule has 2 rings (SSSR count). The molecule has 2 heterocycles. The third-order valence-corrected chi connectivity index (χ3v) is 1.42. The maximum atomic E-state index is 5.55. The fourth-order valence-corrected chi connectivity index (χ4v) is 0.897. The highest BCUT2D eigenvalue weighted by atomic mass is 15.1. The minimum Gasteiger partial charge on any atom is -0.383 e. The Kier molecular flexibility index (Phi) is 1.15. The molecule has 0 spiro atoms. The van der Waals surface area contributed by atoms with Gasteiger partial charge in [0.05, 0.1) is 11.8 Å². The molecule has 2 aromatic heterocycles. The van der Waals surface area contributed by atoms with Crippen molar-refractivity contribution in [3.63, 3.8) is 0 Å². The van der Waals surface area contributed by atoms with Crippen LogP contribution in [0, 0.1) is 0 Å². The van der Waals surface area contributed by atoms with E-state index in [9.17, 15) is 0 Å². The summed E-state index contributed by atoms with van der Waals surface area (Å²) < 4.78 is 0. The van der Waals surface area contributed by atoms with E-state index in [1.807, 2.05) is 0 Å². The Bertz CT molecular complexity index is 333. The molecule has 0 fully saturated rings. The summed E-state index contributed by atoms with van der Waals surface area (Å²) in [5.74, 6) is 1.26. The van der Waals surface area contributed by atoms with Gasteiger partial charge in [-0.25, -0.2) is 4.98 Å². The fourth-order valence-electron chi connectivity index (χ4n) is 0.897. The molecular formula is C6H7N5. The molecule has 5 nitrogen and oxygen atoms in total. The van der Waals surface area contributed by atoms with E-state index in [2.05, 4.69) is 20.2 Å². The molecule has 0 aliphatic heterocycles. The Balaban J connectivity index is 2.53. The average molecular weight is 149 g/mol. The number of nitrogen functional groups attached to an aromatic ring is 1. The van der Waals surface area contributed by atoms with Crippen LogP contribution in [0.4, 0.5) is 5.82 Å². The number of anilines is 1. The van der Waals surface area contributed by atoms with Crippen LogP contribution in [-0.2, 0) is 0 Å². The number of aromatic amines is 2. The van der Waals surface area contributed by atoms with Crippen molar-refractivity contribution in [3.8, 4) is 11.4 Å². The third kappa shape index (κ3) is 0.861. The Morgan fingerprint density at radius 2 is 2.36 bits per heavy atom. The van der Waals surface area contributed by atoms with E-state index in [0.717, 1.165) is 11.4 Å². The first-order valence-corrected chi connectivity index (χ1v) is 3.16. The lowest BCUT2D eigenvalue weighted by molar-refractivity contribution is 1.10. The van der Waals surface area contributed by atoms with Gasteiger partial charge in [-0.1, -0.05) is 0 Å². The van der Waals surface area contributed by atoms with Gasteiger partial charge in [-0.05, 0) is 0 Å². The van der Waals surface area contributed by atoms with E-state index in [1.54, 1.807) is 18.6 Å². The van der Waals surface area contributed by atoms with Crippen LogP contribution >= 0.6 is 0 Å². The van der Waals surface area contributed by atoms with Gasteiger partial charge in [0.1, 0.15) is 11.6 Å². The van der Waals surface area contributed by atoms with Gasteiger partial charge in [0.2, 0.25) is 0 Å². The van der Waals surface area contributed by atoms with Crippen LogP contribution < -0.4 is 5.73 Å². The van der Waals surface area contributed by atoms with Gasteiger partial charge in [-0.3, -0.25) is 5.10 Å². The first kappa shape index (κ1) is 5.96. The van der Waals surface area contributed by atoms with Crippen LogP contribution in [0.3, 0.4) is 0 Å². The zero-order chi connectivity index (χ0) is 7.68. The van der Waals surface area contributed by atoms with Gasteiger partial charge < -0.3 is 10.7 Å². The normalized spacial score (nSPS) is 10.2. The molecule has 0 bridgehead atoms. The van der Waals surface area contributed by atoms with E-state index >= 15 is 0 Å². The van der Waals surface area contributed by atoms with E-state index in [-0.39, 0.29) is 0 Å². The van der Waals surface area contributed by atoms with E-state index in [0.29, 0.717) is 5.82 Å². The van der Waals surface area contributed by atoms with Crippen molar-refractivity contribution in [1.29, 1.82) is 0 Å². The van der Waals surface area contributed by atoms with Gasteiger partial charge in [-0.15, -0.1) is 0 Å². The molecule has 0 aliphatic carbocycles. The molecule has 0 radical (unpaired) electrons. The summed E-state index contributed by atoms with van der Waals surface area (Å²) >= 11 is 0. The lowest BCUT2D eigenvalue weighted by atomic mass is 10.3. The summed E-state index contributed by atoms with van der Waals surface area (Å²) in [6.07, 6.45) is 5.04. The topological polar surface area (TPSA) is 83.4 Å². The number of rotatable bonds is 1. The van der Waals surface area contributed by atoms with Gasteiger partial charge in [0.25, 0.3) is 0 Å². The van der Waals surface area contributed by atoms with Crippen molar-refractivity contribution in [2.24, 2.45) is 0 Å². The standard InChI is InChI=1S/C6H7N5/c7-5-4(3-10-11-5)6-8-1-2-9-6/h1-3H,(H,8,9)(H3,7,10,11). The maximum Gasteiger partial charge on any atom is 0.142 e. The summed E-state index contributed by atoms with van der Waals surface area (Å²) in [7, 11) is 0. The fraction of sp³-hybridized carbons (Fsp3) is 0. The van der Waals surface area contributed by atoms with Crippen molar-refractivity contribution in [3.05, 3.63) is 18.6 Å². The van der Waals surface area contributed by atoms with E-state index < -0.39 is 0 Å². The molecule has 0 aliphatic rings. The van der Waals surface area contributed by atoms with Crippen LogP contribution in [0.2, 0.25) is 0 Å². The predicted octanol–water partition coefficient (Wildman–Crippen LogP) is 0.382. The van der Waals surface area contributed by atoms with Crippen molar-refractivity contribution in [2.75, 3.05) is 5.73 Å². The second kappa shape index (κ2) is 2.12. The molecule has 0 unspecified atom stereocenters. The van der Waals surface area contributed by atoms with Crippen molar-refractivity contribution in [2.45, 2.75) is 0 Å². The average Bonchev–Trinajstić information content (AvgIpc) is 2.55. The molecule has 56 valence electrons. The second-order valence-electron chi connectivity index (χ2n) is 2.14. The van der Waals surface area contributed by atoms with Crippen molar-refractivity contribution < 1.29 is 0 Å². The molecule has 0 saturated heterocycles. The van der Waals surface area contributed by atoms with Crippen LogP contribution in [-0.4, -0.2) is 20.2 Å². The largest absolute Gasteiger partial charge is 0.383 e. The molecular weight excluding hydrogens is 142 g/mol. The molecule has 4 N–H and O–H groups in total. The molecule has 0 saturated carbocycles. The van der Waals surface area contributed by atoms with Crippen molar-refractivity contribution >= 4 is 5.82 Å². The predicted molar refractivity (Wildman–Crippen MR) is 40.6 cm³/mol. The molecule has 11 heavy (non-hydrogen) atoms. The summed E-state index contributed by atoms with van der Waals surface area (Å²) in [6, 6.07) is 0. The van der Waals surface area contributed by atoms with E-state index in [4.69, 9.17) is 5.73 Å². The molecule has 0 aromatic carbocycles. The van der Waals surface area contributed by atoms with Gasteiger partial charge in [0, 0.05) is 12.4 Å². The van der Waals surface area contributed by atoms with Crippen LogP contribution in [0.25, 0.3) is 11.4 Å². The molecule has 0 amide bonds. The van der Waals surface area contributed by atoms with Crippen LogP contribution in [0.15, 0.2) is 18.6 Å². The number of imidazole rings is 1. The molecule has 2 aromatic rings.